The molecule has 0 fully saturated rings. The first-order chi connectivity index (χ1) is 5.93. The normalized spacial score (nSPS) is 19.6. The third-order valence-corrected chi connectivity index (χ3v) is 1.14. The highest BCUT2D eigenvalue weighted by Gasteiger charge is 2.71. The molecule has 0 amide bonds. The Hall–Kier alpha value is -0.0700. The van der Waals surface area contributed by atoms with Crippen molar-refractivity contribution < 1.29 is 46.2 Å². The maximum Gasteiger partial charge on any atom is 0.462 e. The van der Waals surface area contributed by atoms with Crippen LogP contribution in [0.25, 0.3) is 0 Å². The van der Waals surface area contributed by atoms with E-state index in [0.717, 1.165) is 0 Å². The lowest BCUT2D eigenvalue weighted by Gasteiger charge is -2.37. The number of halogens is 10. The van der Waals surface area contributed by atoms with E-state index in [4.69, 9.17) is 0 Å². The molecule has 0 heterocycles. The van der Waals surface area contributed by atoms with Crippen LogP contribution in [0, 0.1) is 0 Å². The highest BCUT2D eigenvalue weighted by atomic mass is 35.5. The van der Waals surface area contributed by atoms with Crippen molar-refractivity contribution in [2.24, 2.45) is 0 Å². The second kappa shape index (κ2) is 2.78. The summed E-state index contributed by atoms with van der Waals surface area (Å²) in [7, 11) is -10.8. The number of hydrogen-bond donors (Lipinski definition) is 0. The molecule has 0 radical (unpaired) electrons. The molecule has 0 aliphatic carbocycles. The van der Waals surface area contributed by atoms with Gasteiger partial charge in [0.25, 0.3) is 0 Å². The SMILES string of the molecule is FC(F)(Cl)C(F)(F)OOS(F)(F)(F)(F)F. The van der Waals surface area contributed by atoms with Gasteiger partial charge in [-0.3, -0.25) is 0 Å². The molecule has 0 aromatic carbocycles. The zero-order valence-corrected chi connectivity index (χ0v) is 7.58. The van der Waals surface area contributed by atoms with Gasteiger partial charge in [-0.1, -0.05) is 23.8 Å². The van der Waals surface area contributed by atoms with Crippen molar-refractivity contribution in [1.82, 2.24) is 0 Å². The first kappa shape index (κ1) is 14.9. The molecule has 0 saturated carbocycles. The second-order valence-corrected chi connectivity index (χ2v) is 4.47. The molecule has 0 spiro atoms. The lowest BCUT2D eigenvalue weighted by molar-refractivity contribution is -0.441. The van der Waals surface area contributed by atoms with Crippen molar-refractivity contribution >= 4 is 22.1 Å². The summed E-state index contributed by atoms with van der Waals surface area (Å²) in [5, 5.41) is -5.64. The quantitative estimate of drug-likeness (QED) is 0.327. The largest absolute Gasteiger partial charge is 0.462 e. The van der Waals surface area contributed by atoms with Crippen molar-refractivity contribution in [3.63, 3.8) is 0 Å². The van der Waals surface area contributed by atoms with E-state index in [9.17, 15) is 37.0 Å². The molecule has 13 heteroatoms. The van der Waals surface area contributed by atoms with Gasteiger partial charge in [0.1, 0.15) is 0 Å². The Kier molecular flexibility index (Phi) is 2.77. The van der Waals surface area contributed by atoms with Gasteiger partial charge in [-0.25, -0.2) is 0 Å². The first-order valence-electron chi connectivity index (χ1n) is 2.50. The van der Waals surface area contributed by atoms with Crippen LogP contribution >= 0.6 is 22.1 Å². The highest BCUT2D eigenvalue weighted by Crippen LogP contribution is 2.98. The summed E-state index contributed by atoms with van der Waals surface area (Å²) < 4.78 is 104. The summed E-state index contributed by atoms with van der Waals surface area (Å²) >= 11 is 3.56. The predicted octanol–water partition coefficient (Wildman–Crippen LogP) is 4.57. The van der Waals surface area contributed by atoms with E-state index in [1.54, 1.807) is 4.89 Å². The van der Waals surface area contributed by atoms with E-state index in [-0.39, 0.29) is 0 Å². The third kappa shape index (κ3) is 6.17. The predicted molar refractivity (Wildman–Crippen MR) is 31.0 cm³/mol. The average molecular weight is 295 g/mol. The smallest absolute Gasteiger partial charge is 0.178 e. The molecular weight excluding hydrogens is 295 g/mol. The lowest BCUT2D eigenvalue weighted by Crippen LogP contribution is -2.39. The van der Waals surface area contributed by atoms with E-state index in [1.807, 2.05) is 0 Å². The minimum atomic E-state index is -10.8. The summed E-state index contributed by atoms with van der Waals surface area (Å²) in [5.41, 5.74) is 0. The van der Waals surface area contributed by atoms with Crippen LogP contribution in [0.1, 0.15) is 0 Å². The number of hydrogen-bond acceptors (Lipinski definition) is 2. The topological polar surface area (TPSA) is 18.5 Å². The van der Waals surface area contributed by atoms with Crippen LogP contribution in [0.15, 0.2) is 0 Å². The van der Waals surface area contributed by atoms with E-state index in [1.165, 1.54) is 4.33 Å². The fourth-order valence-corrected chi connectivity index (χ4v) is 0.400. The molecule has 0 atom stereocenters. The lowest BCUT2D eigenvalue weighted by atomic mass is 10.7. The van der Waals surface area contributed by atoms with Crippen LogP contribution in [0.5, 0.6) is 0 Å². The van der Waals surface area contributed by atoms with Gasteiger partial charge in [0.2, 0.25) is 0 Å². The molecule has 0 saturated heterocycles. The van der Waals surface area contributed by atoms with E-state index in [2.05, 4.69) is 11.6 Å². The van der Waals surface area contributed by atoms with E-state index < -0.39 is 22.0 Å². The Morgan fingerprint density at radius 3 is 1.40 bits per heavy atom. The van der Waals surface area contributed by atoms with E-state index >= 15 is 0 Å². The van der Waals surface area contributed by atoms with Crippen LogP contribution in [0.4, 0.5) is 37.0 Å². The van der Waals surface area contributed by atoms with Crippen LogP contribution in [-0.2, 0) is 9.22 Å². The average Bonchev–Trinajstić information content (AvgIpc) is 1.76. The monoisotopic (exact) mass is 294 g/mol. The molecule has 0 unspecified atom stereocenters. The van der Waals surface area contributed by atoms with Gasteiger partial charge in [-0.2, -0.15) is 17.6 Å². The molecule has 0 aromatic rings. The van der Waals surface area contributed by atoms with Crippen LogP contribution < -0.4 is 0 Å². The van der Waals surface area contributed by atoms with Crippen molar-refractivity contribution in [3.8, 4) is 0 Å². The summed E-state index contributed by atoms with van der Waals surface area (Å²) in [6, 6.07) is 0. The van der Waals surface area contributed by atoms with Crippen molar-refractivity contribution in [1.29, 1.82) is 0 Å². The Morgan fingerprint density at radius 2 is 1.20 bits per heavy atom. The molecular formula is C2ClF9O2S. The van der Waals surface area contributed by atoms with E-state index in [0.29, 0.717) is 0 Å². The number of rotatable bonds is 4. The Labute approximate surface area is 80.7 Å². The third-order valence-electron chi connectivity index (χ3n) is 0.597. The molecule has 15 heavy (non-hydrogen) atoms. The summed E-state index contributed by atoms with van der Waals surface area (Å²) in [4.78, 5) is 1.63. The molecule has 0 aliphatic heterocycles. The maximum atomic E-state index is 11.8. The van der Waals surface area contributed by atoms with Crippen molar-refractivity contribution in [3.05, 3.63) is 0 Å². The van der Waals surface area contributed by atoms with Gasteiger partial charge in [0.15, 0.2) is 0 Å². The minimum absolute atomic E-state index is 1.17. The molecule has 0 aliphatic rings. The maximum absolute atomic E-state index is 11.8. The summed E-state index contributed by atoms with van der Waals surface area (Å²) in [5.74, 6) is 0. The van der Waals surface area contributed by atoms with Crippen LogP contribution in [0.3, 0.4) is 0 Å². The van der Waals surface area contributed by atoms with Crippen LogP contribution in [-0.4, -0.2) is 11.5 Å². The molecule has 0 bridgehead atoms. The van der Waals surface area contributed by atoms with Gasteiger partial charge in [-0.15, -0.1) is 4.89 Å². The van der Waals surface area contributed by atoms with Crippen molar-refractivity contribution in [2.45, 2.75) is 11.5 Å². The standard InChI is InChI=1S/C2ClF9O2S/c3-1(4,5)2(6,7)13-14-15(8,9,10,11)12. The Morgan fingerprint density at radius 1 is 0.867 bits per heavy atom. The molecule has 0 rings (SSSR count). The van der Waals surface area contributed by atoms with Gasteiger partial charge < -0.3 is 0 Å². The molecule has 0 N–H and O–H groups in total. The van der Waals surface area contributed by atoms with Crippen LogP contribution in [0.2, 0.25) is 0 Å². The molecule has 96 valence electrons. The van der Waals surface area contributed by atoms with Gasteiger partial charge in [-0.05, 0) is 11.6 Å². The van der Waals surface area contributed by atoms with Gasteiger partial charge >= 0.3 is 22.0 Å². The zero-order chi connectivity index (χ0) is 12.8. The first-order valence-corrected chi connectivity index (χ1v) is 4.76. The van der Waals surface area contributed by atoms with Gasteiger partial charge in [0, 0.05) is 0 Å². The summed E-state index contributed by atoms with van der Waals surface area (Å²) in [6.07, 6.45) is -6.07. The highest BCUT2D eigenvalue weighted by molar-refractivity contribution is 8.42. The summed E-state index contributed by atoms with van der Waals surface area (Å²) in [6.45, 7) is 0. The van der Waals surface area contributed by atoms with Gasteiger partial charge in [0.05, 0.1) is 0 Å². The Balaban J connectivity index is 4.71. The van der Waals surface area contributed by atoms with Crippen molar-refractivity contribution in [2.75, 3.05) is 0 Å². The second-order valence-electron chi connectivity index (χ2n) is 2.06. The molecule has 0 aromatic heterocycles. The molecule has 2 nitrogen and oxygen atoms in total. The number of alkyl halides is 5. The zero-order valence-electron chi connectivity index (χ0n) is 6.00. The Bertz CT molecular complexity index is 249. The fraction of sp³-hybridized carbons (Fsp3) is 1.00. The minimum Gasteiger partial charge on any atom is -0.178 e. The fourth-order valence-electron chi connectivity index (χ4n) is 0.154.